The standard InChI is InChI=1S/C31H43ClN2O7/c1-30(2,3)41-29(36)34-13-11-31(37,25-8-7-24(32)19-23(25)10-15-35)28(20-34)40-21-22-6-9-27-26(18-22)33(14-17-39-27)12-5-16-38-4/h6-9,18-19,28,35,37H,5,10-17,20-21H2,1-4H3/t28-,31-/m0/s1. The molecule has 41 heavy (non-hydrogen) atoms. The van der Waals surface area contributed by atoms with Crippen molar-refractivity contribution in [3.63, 3.8) is 0 Å². The van der Waals surface area contributed by atoms with Crippen molar-refractivity contribution < 1.29 is 34.0 Å². The van der Waals surface area contributed by atoms with Crippen LogP contribution in [0.15, 0.2) is 36.4 Å². The molecule has 0 radical (unpaired) electrons. The molecule has 0 aromatic heterocycles. The second-order valence-corrected chi connectivity index (χ2v) is 12.1. The van der Waals surface area contributed by atoms with E-state index in [0.29, 0.717) is 36.8 Å². The Hall–Kier alpha value is -2.56. The molecule has 0 saturated carbocycles. The lowest BCUT2D eigenvalue weighted by Gasteiger charge is -2.45. The van der Waals surface area contributed by atoms with E-state index in [1.807, 2.05) is 32.9 Å². The number of fused-ring (bicyclic) bond motifs is 1. The molecule has 4 rings (SSSR count). The number of aliphatic hydroxyl groups excluding tert-OH is 1. The SMILES string of the molecule is COCCCN1CCOc2ccc(CO[C@H]3CN(C(=O)OC(C)(C)C)CC[C@]3(O)c3ccc(Cl)cc3CCO)cc21. The highest BCUT2D eigenvalue weighted by molar-refractivity contribution is 6.30. The maximum Gasteiger partial charge on any atom is 0.410 e. The maximum atomic E-state index is 13.0. The highest BCUT2D eigenvalue weighted by Crippen LogP contribution is 2.39. The van der Waals surface area contributed by atoms with E-state index in [2.05, 4.69) is 11.0 Å². The summed E-state index contributed by atoms with van der Waals surface area (Å²) >= 11 is 6.27. The predicted octanol–water partition coefficient (Wildman–Crippen LogP) is 4.52. The predicted molar refractivity (Wildman–Crippen MR) is 158 cm³/mol. The molecule has 0 spiro atoms. The van der Waals surface area contributed by atoms with E-state index in [1.54, 1.807) is 30.2 Å². The molecule has 0 aliphatic carbocycles. The molecular formula is C31H43ClN2O7. The van der Waals surface area contributed by atoms with E-state index < -0.39 is 23.4 Å². The summed E-state index contributed by atoms with van der Waals surface area (Å²) in [6.07, 6.45) is 0.279. The van der Waals surface area contributed by atoms with Crippen LogP contribution in [0.4, 0.5) is 10.5 Å². The summed E-state index contributed by atoms with van der Waals surface area (Å²) in [5, 5.41) is 22.4. The Bertz CT molecular complexity index is 1190. The Kier molecular flexibility index (Phi) is 10.4. The van der Waals surface area contributed by atoms with Crippen LogP contribution in [0.25, 0.3) is 0 Å². The van der Waals surface area contributed by atoms with Crippen molar-refractivity contribution in [3.8, 4) is 5.75 Å². The lowest BCUT2D eigenvalue weighted by molar-refractivity contribution is -0.155. The Labute approximate surface area is 247 Å². The van der Waals surface area contributed by atoms with Gasteiger partial charge in [-0.15, -0.1) is 0 Å². The Morgan fingerprint density at radius 2 is 2.00 bits per heavy atom. The van der Waals surface area contributed by atoms with Crippen LogP contribution in [0.1, 0.15) is 50.3 Å². The van der Waals surface area contributed by atoms with E-state index in [0.717, 1.165) is 42.1 Å². The normalized spacial score (nSPS) is 20.9. The van der Waals surface area contributed by atoms with E-state index >= 15 is 0 Å². The summed E-state index contributed by atoms with van der Waals surface area (Å²) in [6.45, 7) is 9.00. The zero-order valence-electron chi connectivity index (χ0n) is 24.5. The number of halogens is 1. The van der Waals surface area contributed by atoms with Crippen LogP contribution in [-0.4, -0.2) is 86.0 Å². The lowest BCUT2D eigenvalue weighted by Crippen LogP contribution is -2.57. The molecule has 0 bridgehead atoms. The number of likely N-dealkylation sites (tertiary alicyclic amines) is 1. The van der Waals surface area contributed by atoms with E-state index in [9.17, 15) is 15.0 Å². The van der Waals surface area contributed by atoms with Crippen LogP contribution >= 0.6 is 11.6 Å². The minimum absolute atomic E-state index is 0.0863. The summed E-state index contributed by atoms with van der Waals surface area (Å²) in [4.78, 5) is 16.9. The third-order valence-corrected chi connectivity index (χ3v) is 7.69. The van der Waals surface area contributed by atoms with Gasteiger partial charge >= 0.3 is 6.09 Å². The number of carbonyl (C=O) groups is 1. The second kappa shape index (κ2) is 13.6. The van der Waals surface area contributed by atoms with Crippen molar-refractivity contribution in [1.29, 1.82) is 0 Å². The molecule has 226 valence electrons. The van der Waals surface area contributed by atoms with Crippen molar-refractivity contribution in [1.82, 2.24) is 4.90 Å². The molecule has 1 amide bonds. The van der Waals surface area contributed by atoms with Gasteiger partial charge in [0.15, 0.2) is 0 Å². The monoisotopic (exact) mass is 590 g/mol. The molecule has 2 aromatic rings. The zero-order valence-corrected chi connectivity index (χ0v) is 25.3. The van der Waals surface area contributed by atoms with Gasteiger partial charge < -0.3 is 39.0 Å². The molecule has 1 saturated heterocycles. The maximum absolute atomic E-state index is 13.0. The van der Waals surface area contributed by atoms with Crippen LogP contribution in [-0.2, 0) is 32.8 Å². The van der Waals surface area contributed by atoms with Gasteiger partial charge in [0, 0.05) is 44.9 Å². The average molecular weight is 591 g/mol. The fourth-order valence-electron chi connectivity index (χ4n) is 5.45. The highest BCUT2D eigenvalue weighted by atomic mass is 35.5. The molecule has 2 atom stereocenters. The minimum Gasteiger partial charge on any atom is -0.490 e. The quantitative estimate of drug-likeness (QED) is 0.390. The number of piperidine rings is 1. The fraction of sp³-hybridized carbons (Fsp3) is 0.581. The fourth-order valence-corrected chi connectivity index (χ4v) is 5.64. The number of hydrogen-bond donors (Lipinski definition) is 2. The number of aliphatic hydroxyl groups is 2. The first-order valence-electron chi connectivity index (χ1n) is 14.3. The van der Waals surface area contributed by atoms with Crippen molar-refractivity contribution in [3.05, 3.63) is 58.1 Å². The van der Waals surface area contributed by atoms with Crippen molar-refractivity contribution in [2.45, 2.75) is 63.9 Å². The first-order valence-corrected chi connectivity index (χ1v) is 14.6. The number of nitrogens with zero attached hydrogens (tertiary/aromatic N) is 2. The Balaban J connectivity index is 1.59. The topological polar surface area (TPSA) is 101 Å². The first-order chi connectivity index (χ1) is 19.5. The molecule has 1 fully saturated rings. The zero-order chi connectivity index (χ0) is 29.6. The first kappa shape index (κ1) is 31.4. The van der Waals surface area contributed by atoms with Gasteiger partial charge in [-0.05, 0) is 74.6 Å². The summed E-state index contributed by atoms with van der Waals surface area (Å²) in [7, 11) is 1.70. The second-order valence-electron chi connectivity index (χ2n) is 11.7. The van der Waals surface area contributed by atoms with E-state index in [4.69, 9.17) is 30.5 Å². The van der Waals surface area contributed by atoms with Crippen molar-refractivity contribution in [2.75, 3.05) is 58.0 Å². The summed E-state index contributed by atoms with van der Waals surface area (Å²) < 4.78 is 23.2. The third-order valence-electron chi connectivity index (χ3n) is 7.46. The van der Waals surface area contributed by atoms with Crippen LogP contribution in [0.2, 0.25) is 5.02 Å². The Morgan fingerprint density at radius 1 is 1.20 bits per heavy atom. The lowest BCUT2D eigenvalue weighted by atomic mass is 9.79. The van der Waals surface area contributed by atoms with E-state index in [-0.39, 0.29) is 26.2 Å². The van der Waals surface area contributed by atoms with Crippen LogP contribution < -0.4 is 9.64 Å². The van der Waals surface area contributed by atoms with Crippen LogP contribution in [0.5, 0.6) is 5.75 Å². The Morgan fingerprint density at radius 3 is 2.73 bits per heavy atom. The largest absolute Gasteiger partial charge is 0.490 e. The molecule has 2 aliphatic rings. The summed E-state index contributed by atoms with van der Waals surface area (Å²) in [6, 6.07) is 11.3. The minimum atomic E-state index is -1.41. The molecular weight excluding hydrogens is 548 g/mol. The number of anilines is 1. The van der Waals surface area contributed by atoms with Gasteiger partial charge in [-0.3, -0.25) is 0 Å². The molecule has 2 heterocycles. The molecule has 10 heteroatoms. The van der Waals surface area contributed by atoms with Crippen LogP contribution in [0.3, 0.4) is 0 Å². The molecule has 2 aliphatic heterocycles. The molecule has 0 unspecified atom stereocenters. The van der Waals surface area contributed by atoms with Gasteiger partial charge in [-0.1, -0.05) is 23.7 Å². The molecule has 2 N–H and O–H groups in total. The summed E-state index contributed by atoms with van der Waals surface area (Å²) in [5.41, 5.74) is 1.27. The highest BCUT2D eigenvalue weighted by Gasteiger charge is 2.46. The number of amides is 1. The van der Waals surface area contributed by atoms with Gasteiger partial charge in [-0.25, -0.2) is 4.79 Å². The number of hydrogen-bond acceptors (Lipinski definition) is 8. The van der Waals surface area contributed by atoms with E-state index in [1.165, 1.54) is 0 Å². The number of carbonyl (C=O) groups excluding carboxylic acids is 1. The number of benzene rings is 2. The average Bonchev–Trinajstić information content (AvgIpc) is 2.92. The number of rotatable bonds is 10. The number of ether oxygens (including phenoxy) is 4. The van der Waals surface area contributed by atoms with Gasteiger partial charge in [0.05, 0.1) is 25.4 Å². The summed E-state index contributed by atoms with van der Waals surface area (Å²) in [5.74, 6) is 0.831. The molecule has 2 aromatic carbocycles. The van der Waals surface area contributed by atoms with Crippen molar-refractivity contribution in [2.24, 2.45) is 0 Å². The molecule has 9 nitrogen and oxygen atoms in total. The van der Waals surface area contributed by atoms with Gasteiger partial charge in [0.1, 0.15) is 29.7 Å². The third kappa shape index (κ3) is 7.84. The number of methoxy groups -OCH3 is 1. The van der Waals surface area contributed by atoms with Gasteiger partial charge in [-0.2, -0.15) is 0 Å². The van der Waals surface area contributed by atoms with Crippen molar-refractivity contribution >= 4 is 23.4 Å². The van der Waals surface area contributed by atoms with Crippen LogP contribution in [0, 0.1) is 0 Å². The van der Waals surface area contributed by atoms with Gasteiger partial charge in [0.2, 0.25) is 0 Å². The van der Waals surface area contributed by atoms with Gasteiger partial charge in [0.25, 0.3) is 0 Å². The smallest absolute Gasteiger partial charge is 0.410 e.